The van der Waals surface area contributed by atoms with Crippen molar-refractivity contribution in [1.82, 2.24) is 0 Å². The second-order valence-electron chi connectivity index (χ2n) is 3.12. The molecular formula is C11H16NO4+. The van der Waals surface area contributed by atoms with Crippen molar-refractivity contribution >= 4 is 5.97 Å². The molecule has 5 heteroatoms. The van der Waals surface area contributed by atoms with E-state index in [1.807, 2.05) is 6.07 Å². The van der Waals surface area contributed by atoms with E-state index < -0.39 is 0 Å². The fourth-order valence-electron chi connectivity index (χ4n) is 1.07. The molecule has 0 saturated carbocycles. The van der Waals surface area contributed by atoms with Crippen LogP contribution < -0.4 is 9.57 Å². The Labute approximate surface area is 94.5 Å². The van der Waals surface area contributed by atoms with Gasteiger partial charge in [-0.25, -0.2) is 4.79 Å². The first-order chi connectivity index (χ1) is 7.83. The van der Waals surface area contributed by atoms with Crippen LogP contribution in [0.2, 0.25) is 0 Å². The maximum absolute atomic E-state index is 11.3. The minimum atomic E-state index is -0.280. The zero-order valence-corrected chi connectivity index (χ0v) is 9.30. The number of carbonyl (C=O) groups excluding carboxylic acids is 1. The molecule has 0 spiro atoms. The summed E-state index contributed by atoms with van der Waals surface area (Å²) in [4.78, 5) is 16.3. The number of aromatic nitrogens is 1. The predicted octanol–water partition coefficient (Wildman–Crippen LogP) is 0.330. The second-order valence-corrected chi connectivity index (χ2v) is 3.12. The number of methoxy groups -OCH3 is 1. The monoisotopic (exact) mass is 226 g/mol. The van der Waals surface area contributed by atoms with Gasteiger partial charge in [0, 0.05) is 30.6 Å². The zero-order valence-electron chi connectivity index (χ0n) is 9.30. The largest absolute Gasteiger partial charge is 0.380 e. The first kappa shape index (κ1) is 12.6. The average Bonchev–Trinajstić information content (AvgIpc) is 2.30. The number of nitrogens with zero attached hydrogens (tertiary/aromatic N) is 1. The van der Waals surface area contributed by atoms with E-state index in [2.05, 4.69) is 0 Å². The van der Waals surface area contributed by atoms with Crippen LogP contribution in [0.15, 0.2) is 30.6 Å². The SMILES string of the molecule is COCOCCCC(=O)O[n+]1ccccc1. The normalized spacial score (nSPS) is 10.1. The summed E-state index contributed by atoms with van der Waals surface area (Å²) in [6.07, 6.45) is 4.28. The molecule has 0 radical (unpaired) electrons. The van der Waals surface area contributed by atoms with Gasteiger partial charge < -0.3 is 9.47 Å². The molecule has 0 N–H and O–H groups in total. The summed E-state index contributed by atoms with van der Waals surface area (Å²) in [5.41, 5.74) is 0. The Hall–Kier alpha value is -1.46. The molecule has 0 aliphatic carbocycles. The van der Waals surface area contributed by atoms with E-state index in [-0.39, 0.29) is 12.8 Å². The molecule has 0 fully saturated rings. The van der Waals surface area contributed by atoms with Crippen molar-refractivity contribution in [1.29, 1.82) is 0 Å². The zero-order chi connectivity index (χ0) is 11.6. The maximum Gasteiger partial charge on any atom is 0.380 e. The standard InChI is InChI=1S/C11H16NO4/c1-14-10-15-9-5-6-11(13)16-12-7-3-2-4-8-12/h2-4,7-8H,5-6,9-10H2,1H3/q+1. The van der Waals surface area contributed by atoms with Gasteiger partial charge in [0.1, 0.15) is 6.79 Å². The van der Waals surface area contributed by atoms with Gasteiger partial charge in [-0.05, 0) is 6.42 Å². The summed E-state index contributed by atoms with van der Waals surface area (Å²) in [7, 11) is 1.56. The number of rotatable bonds is 7. The lowest BCUT2D eigenvalue weighted by Crippen LogP contribution is -2.44. The molecule has 1 rings (SSSR count). The van der Waals surface area contributed by atoms with Crippen LogP contribution in [0.3, 0.4) is 0 Å². The second kappa shape index (κ2) is 7.78. The van der Waals surface area contributed by atoms with Gasteiger partial charge in [-0.3, -0.25) is 0 Å². The van der Waals surface area contributed by atoms with E-state index in [4.69, 9.17) is 14.3 Å². The third kappa shape index (κ3) is 5.43. The Balaban J connectivity index is 2.12. The minimum Gasteiger partial charge on any atom is -0.359 e. The van der Waals surface area contributed by atoms with E-state index in [1.165, 1.54) is 4.73 Å². The third-order valence-electron chi connectivity index (χ3n) is 1.77. The fraction of sp³-hybridized carbons (Fsp3) is 0.455. The van der Waals surface area contributed by atoms with Crippen LogP contribution in [0.1, 0.15) is 12.8 Å². The first-order valence-corrected chi connectivity index (χ1v) is 5.07. The number of ether oxygens (including phenoxy) is 2. The Kier molecular flexibility index (Phi) is 6.13. The highest BCUT2D eigenvalue weighted by Gasteiger charge is 2.09. The molecule has 1 aromatic heterocycles. The number of hydrogen-bond acceptors (Lipinski definition) is 4. The van der Waals surface area contributed by atoms with Gasteiger partial charge in [-0.2, -0.15) is 4.84 Å². The lowest BCUT2D eigenvalue weighted by atomic mass is 10.3. The third-order valence-corrected chi connectivity index (χ3v) is 1.77. The quantitative estimate of drug-likeness (QED) is 0.382. The van der Waals surface area contributed by atoms with Crippen molar-refractivity contribution in [3.05, 3.63) is 30.6 Å². The van der Waals surface area contributed by atoms with Crippen molar-refractivity contribution in [2.45, 2.75) is 12.8 Å². The van der Waals surface area contributed by atoms with Crippen LogP contribution in [0, 0.1) is 0 Å². The molecule has 1 heterocycles. The van der Waals surface area contributed by atoms with Crippen LogP contribution in [0.25, 0.3) is 0 Å². The molecule has 0 atom stereocenters. The molecule has 0 amide bonds. The van der Waals surface area contributed by atoms with E-state index >= 15 is 0 Å². The van der Waals surface area contributed by atoms with Gasteiger partial charge in [0.2, 0.25) is 12.4 Å². The first-order valence-electron chi connectivity index (χ1n) is 5.07. The van der Waals surface area contributed by atoms with Crippen molar-refractivity contribution < 1.29 is 23.8 Å². The molecule has 0 aromatic carbocycles. The molecule has 1 aromatic rings. The highest BCUT2D eigenvalue weighted by molar-refractivity contribution is 5.68. The topological polar surface area (TPSA) is 48.6 Å². The molecule has 0 bridgehead atoms. The summed E-state index contributed by atoms with van der Waals surface area (Å²) >= 11 is 0. The minimum absolute atomic E-state index is 0.252. The smallest absolute Gasteiger partial charge is 0.359 e. The van der Waals surface area contributed by atoms with Gasteiger partial charge >= 0.3 is 5.97 Å². The number of pyridine rings is 1. The van der Waals surface area contributed by atoms with Gasteiger partial charge in [0.05, 0.1) is 6.42 Å². The van der Waals surface area contributed by atoms with Crippen LogP contribution >= 0.6 is 0 Å². The molecule has 0 saturated heterocycles. The van der Waals surface area contributed by atoms with Crippen molar-refractivity contribution in [2.24, 2.45) is 0 Å². The predicted molar refractivity (Wildman–Crippen MR) is 55.3 cm³/mol. The number of hydrogen-bond donors (Lipinski definition) is 0. The van der Waals surface area contributed by atoms with E-state index in [0.717, 1.165) is 0 Å². The van der Waals surface area contributed by atoms with Crippen molar-refractivity contribution in [3.63, 3.8) is 0 Å². The lowest BCUT2D eigenvalue weighted by molar-refractivity contribution is -0.869. The van der Waals surface area contributed by atoms with E-state index in [1.54, 1.807) is 31.6 Å². The van der Waals surface area contributed by atoms with E-state index in [0.29, 0.717) is 19.4 Å². The van der Waals surface area contributed by atoms with Gasteiger partial charge in [-0.15, -0.1) is 0 Å². The Bertz CT molecular complexity index is 302. The molecule has 0 unspecified atom stereocenters. The van der Waals surface area contributed by atoms with Gasteiger partial charge in [0.25, 0.3) is 0 Å². The molecule has 0 aliphatic heterocycles. The van der Waals surface area contributed by atoms with Crippen LogP contribution in [-0.2, 0) is 14.3 Å². The Morgan fingerprint density at radius 3 is 2.69 bits per heavy atom. The Morgan fingerprint density at radius 1 is 1.25 bits per heavy atom. The van der Waals surface area contributed by atoms with Crippen molar-refractivity contribution in [3.8, 4) is 0 Å². The molecular weight excluding hydrogens is 210 g/mol. The van der Waals surface area contributed by atoms with Crippen LogP contribution in [-0.4, -0.2) is 26.5 Å². The average molecular weight is 226 g/mol. The van der Waals surface area contributed by atoms with Crippen LogP contribution in [0.4, 0.5) is 0 Å². The van der Waals surface area contributed by atoms with E-state index in [9.17, 15) is 4.79 Å². The number of carbonyl (C=O) groups is 1. The molecule has 88 valence electrons. The summed E-state index contributed by atoms with van der Waals surface area (Å²) in [5, 5.41) is 0. The fourth-order valence-corrected chi connectivity index (χ4v) is 1.07. The molecule has 5 nitrogen and oxygen atoms in total. The lowest BCUT2D eigenvalue weighted by Gasteiger charge is -2.00. The summed E-state index contributed by atoms with van der Waals surface area (Å²) in [5.74, 6) is -0.280. The van der Waals surface area contributed by atoms with Crippen LogP contribution in [0.5, 0.6) is 0 Å². The molecule has 0 aliphatic rings. The summed E-state index contributed by atoms with van der Waals surface area (Å²) in [6, 6.07) is 5.42. The van der Waals surface area contributed by atoms with Gasteiger partial charge in [0.15, 0.2) is 0 Å². The molecule has 16 heavy (non-hydrogen) atoms. The maximum atomic E-state index is 11.3. The highest BCUT2D eigenvalue weighted by atomic mass is 16.7. The Morgan fingerprint density at radius 2 is 2.00 bits per heavy atom. The van der Waals surface area contributed by atoms with Gasteiger partial charge in [-0.1, -0.05) is 6.07 Å². The van der Waals surface area contributed by atoms with Crippen molar-refractivity contribution in [2.75, 3.05) is 20.5 Å². The highest BCUT2D eigenvalue weighted by Crippen LogP contribution is 1.90. The summed E-state index contributed by atoms with van der Waals surface area (Å²) in [6.45, 7) is 0.741. The summed E-state index contributed by atoms with van der Waals surface area (Å²) < 4.78 is 11.1.